The van der Waals surface area contributed by atoms with Gasteiger partial charge < -0.3 is 9.84 Å². The Bertz CT molecular complexity index is 850. The molecule has 3 aliphatic rings. The van der Waals surface area contributed by atoms with Crippen molar-refractivity contribution in [3.8, 4) is 0 Å². The van der Waals surface area contributed by atoms with Gasteiger partial charge in [-0.1, -0.05) is 72.2 Å². The fourth-order valence-corrected chi connectivity index (χ4v) is 8.18. The summed E-state index contributed by atoms with van der Waals surface area (Å²) in [4.78, 5) is 13.7. The first-order valence-electron chi connectivity index (χ1n) is 13.9. The summed E-state index contributed by atoms with van der Waals surface area (Å²) in [6, 6.07) is 8.42. The van der Waals surface area contributed by atoms with Crippen molar-refractivity contribution in [2.45, 2.75) is 105 Å². The van der Waals surface area contributed by atoms with Crippen molar-refractivity contribution in [1.29, 1.82) is 0 Å². The molecule has 4 rings (SSSR count). The zero-order valence-corrected chi connectivity index (χ0v) is 22.5. The zero-order chi connectivity index (χ0) is 24.7. The highest BCUT2D eigenvalue weighted by Gasteiger charge is 2.61. The Balaban J connectivity index is 1.49. The van der Waals surface area contributed by atoms with Crippen LogP contribution in [0.1, 0.15) is 104 Å². The zero-order valence-electron chi connectivity index (χ0n) is 22.5. The molecule has 0 saturated heterocycles. The second kappa shape index (κ2) is 9.60. The molecule has 0 spiro atoms. The fraction of sp³-hybridized carbons (Fsp3) is 0.774. The molecule has 0 aliphatic heterocycles. The van der Waals surface area contributed by atoms with Gasteiger partial charge in [-0.05, 0) is 96.5 Å². The molecule has 1 aromatic rings. The van der Waals surface area contributed by atoms with E-state index < -0.39 is 5.41 Å². The van der Waals surface area contributed by atoms with E-state index >= 15 is 0 Å². The minimum absolute atomic E-state index is 0.0823. The van der Waals surface area contributed by atoms with E-state index in [1.165, 1.54) is 37.7 Å². The van der Waals surface area contributed by atoms with Crippen molar-refractivity contribution in [2.75, 3.05) is 6.61 Å². The van der Waals surface area contributed by atoms with Gasteiger partial charge in [0, 0.05) is 0 Å². The maximum atomic E-state index is 13.7. The summed E-state index contributed by atoms with van der Waals surface area (Å²) in [5.74, 6) is 3.15. The van der Waals surface area contributed by atoms with E-state index in [9.17, 15) is 9.90 Å². The minimum atomic E-state index is -0.738. The van der Waals surface area contributed by atoms with Gasteiger partial charge in [0.2, 0.25) is 0 Å². The first kappa shape index (κ1) is 25.7. The van der Waals surface area contributed by atoms with Crippen LogP contribution in [-0.4, -0.2) is 17.7 Å². The van der Waals surface area contributed by atoms with Crippen LogP contribution >= 0.6 is 0 Å². The SMILES string of the molecule is CC(C)C1CC[C@@H]2C(CCC3[C@@](CO)(C(=O)OCc4ccc(C(C)(C)C)cc4)CCC[C@@]32C)C1. The number of hydrogen-bond acceptors (Lipinski definition) is 3. The highest BCUT2D eigenvalue weighted by atomic mass is 16.5. The fourth-order valence-electron chi connectivity index (χ4n) is 8.18. The van der Waals surface area contributed by atoms with Crippen LogP contribution < -0.4 is 0 Å². The predicted octanol–water partition coefficient (Wildman–Crippen LogP) is 7.29. The molecule has 0 aromatic heterocycles. The lowest BCUT2D eigenvalue weighted by atomic mass is 9.43. The topological polar surface area (TPSA) is 46.5 Å². The van der Waals surface area contributed by atoms with Crippen molar-refractivity contribution in [2.24, 2.45) is 40.4 Å². The average molecular weight is 469 g/mol. The first-order chi connectivity index (χ1) is 16.0. The average Bonchev–Trinajstić information content (AvgIpc) is 2.81. The molecular weight excluding hydrogens is 420 g/mol. The van der Waals surface area contributed by atoms with Gasteiger partial charge in [-0.15, -0.1) is 0 Å². The first-order valence-corrected chi connectivity index (χ1v) is 13.9. The lowest BCUT2D eigenvalue weighted by molar-refractivity contribution is -0.189. The number of carbonyl (C=O) groups is 1. The second-order valence-corrected chi connectivity index (χ2v) is 13.5. The molecule has 34 heavy (non-hydrogen) atoms. The summed E-state index contributed by atoms with van der Waals surface area (Å²) in [5, 5.41) is 10.7. The molecule has 0 heterocycles. The normalized spacial score (nSPS) is 36.0. The molecular formula is C31H48O3. The molecule has 3 fully saturated rings. The van der Waals surface area contributed by atoms with Gasteiger partial charge in [-0.3, -0.25) is 4.79 Å². The summed E-state index contributed by atoms with van der Waals surface area (Å²) in [6.07, 6.45) is 9.19. The molecule has 0 bridgehead atoms. The summed E-state index contributed by atoms with van der Waals surface area (Å²) in [5.41, 5.74) is 1.80. The van der Waals surface area contributed by atoms with Crippen molar-refractivity contribution in [3.63, 3.8) is 0 Å². The number of ether oxygens (including phenoxy) is 1. The Hall–Kier alpha value is -1.35. The van der Waals surface area contributed by atoms with Gasteiger partial charge in [0.05, 0.1) is 12.0 Å². The third kappa shape index (κ3) is 4.59. The van der Waals surface area contributed by atoms with E-state index in [1.54, 1.807) is 0 Å². The standard InChI is InChI=1S/C31H48O3/c1-21(2)23-10-14-26-24(18-23)11-15-27-30(26,6)16-7-17-31(27,20-32)28(33)34-19-22-8-12-25(13-9-22)29(3,4)5/h8-9,12-13,21,23-24,26-27,32H,7,10-11,14-20H2,1-6H3/t23?,24?,26-,27?,30-,31-/m1/s1. The summed E-state index contributed by atoms with van der Waals surface area (Å²) in [7, 11) is 0. The molecule has 3 unspecified atom stereocenters. The predicted molar refractivity (Wildman–Crippen MR) is 138 cm³/mol. The van der Waals surface area contributed by atoms with Gasteiger partial charge in [0.15, 0.2) is 0 Å². The number of rotatable bonds is 5. The molecule has 1 aromatic carbocycles. The highest BCUT2D eigenvalue weighted by Crippen LogP contribution is 2.64. The number of esters is 1. The Morgan fingerprint density at radius 3 is 2.41 bits per heavy atom. The van der Waals surface area contributed by atoms with Crippen molar-refractivity contribution in [3.05, 3.63) is 35.4 Å². The van der Waals surface area contributed by atoms with Gasteiger partial charge >= 0.3 is 5.97 Å². The summed E-state index contributed by atoms with van der Waals surface area (Å²) < 4.78 is 5.97. The van der Waals surface area contributed by atoms with Gasteiger partial charge in [0.1, 0.15) is 6.61 Å². The molecule has 0 radical (unpaired) electrons. The lowest BCUT2D eigenvalue weighted by Crippen LogP contribution is -2.58. The van der Waals surface area contributed by atoms with Crippen LogP contribution in [0.15, 0.2) is 24.3 Å². The molecule has 1 N–H and O–H groups in total. The molecule has 0 amide bonds. The van der Waals surface area contributed by atoms with Crippen LogP contribution in [0.25, 0.3) is 0 Å². The van der Waals surface area contributed by atoms with Gasteiger partial charge in [0.25, 0.3) is 0 Å². The van der Waals surface area contributed by atoms with Crippen LogP contribution in [0.2, 0.25) is 0 Å². The molecule has 3 heteroatoms. The van der Waals surface area contributed by atoms with E-state index in [1.807, 2.05) is 0 Å². The molecule has 3 saturated carbocycles. The number of hydrogen-bond donors (Lipinski definition) is 1. The van der Waals surface area contributed by atoms with Crippen molar-refractivity contribution in [1.82, 2.24) is 0 Å². The maximum Gasteiger partial charge on any atom is 0.315 e. The van der Waals surface area contributed by atoms with E-state index in [0.717, 1.165) is 42.6 Å². The van der Waals surface area contributed by atoms with Crippen LogP contribution in [0.5, 0.6) is 0 Å². The van der Waals surface area contributed by atoms with Crippen molar-refractivity contribution < 1.29 is 14.6 Å². The molecule has 3 aliphatic carbocycles. The number of aliphatic hydroxyl groups is 1. The summed E-state index contributed by atoms with van der Waals surface area (Å²) in [6.45, 7) is 14.0. The Labute approximate surface area is 208 Å². The molecule has 3 nitrogen and oxygen atoms in total. The molecule has 6 atom stereocenters. The highest BCUT2D eigenvalue weighted by molar-refractivity contribution is 5.78. The number of benzene rings is 1. The van der Waals surface area contributed by atoms with Crippen LogP contribution in [0.3, 0.4) is 0 Å². The molecule has 190 valence electrons. The van der Waals surface area contributed by atoms with E-state index in [-0.39, 0.29) is 35.9 Å². The Morgan fingerprint density at radius 2 is 1.79 bits per heavy atom. The Morgan fingerprint density at radius 1 is 1.09 bits per heavy atom. The van der Waals surface area contributed by atoms with Crippen LogP contribution in [-0.2, 0) is 21.6 Å². The monoisotopic (exact) mass is 468 g/mol. The minimum Gasteiger partial charge on any atom is -0.460 e. The second-order valence-electron chi connectivity index (χ2n) is 13.5. The van der Waals surface area contributed by atoms with E-state index in [2.05, 4.69) is 65.8 Å². The van der Waals surface area contributed by atoms with E-state index in [0.29, 0.717) is 5.92 Å². The number of carbonyl (C=O) groups excluding carboxylic acids is 1. The lowest BCUT2D eigenvalue weighted by Gasteiger charge is -2.61. The summed E-state index contributed by atoms with van der Waals surface area (Å²) >= 11 is 0. The maximum absolute atomic E-state index is 13.7. The number of fused-ring (bicyclic) bond motifs is 3. The quantitative estimate of drug-likeness (QED) is 0.461. The third-order valence-corrected chi connectivity index (χ3v) is 10.3. The van der Waals surface area contributed by atoms with Crippen LogP contribution in [0.4, 0.5) is 0 Å². The number of aliphatic hydroxyl groups excluding tert-OH is 1. The smallest absolute Gasteiger partial charge is 0.315 e. The third-order valence-electron chi connectivity index (χ3n) is 10.3. The van der Waals surface area contributed by atoms with Crippen molar-refractivity contribution >= 4 is 5.97 Å². The van der Waals surface area contributed by atoms with E-state index in [4.69, 9.17) is 4.74 Å². The Kier molecular flexibility index (Phi) is 7.27. The van der Waals surface area contributed by atoms with Gasteiger partial charge in [-0.2, -0.15) is 0 Å². The van der Waals surface area contributed by atoms with Crippen LogP contribution in [0, 0.1) is 40.4 Å². The van der Waals surface area contributed by atoms with Gasteiger partial charge in [-0.25, -0.2) is 0 Å². The largest absolute Gasteiger partial charge is 0.460 e.